The molecule has 0 aliphatic heterocycles. The monoisotopic (exact) mass is 455 g/mol. The Labute approximate surface area is 181 Å². The van der Waals surface area contributed by atoms with Crippen LogP contribution in [-0.2, 0) is 15.8 Å². The molecule has 0 amide bonds. The third kappa shape index (κ3) is 4.43. The third-order valence-corrected chi connectivity index (χ3v) is 6.11. The highest BCUT2D eigenvalue weighted by Crippen LogP contribution is 2.55. The molecule has 0 radical (unpaired) electrons. The zero-order chi connectivity index (χ0) is 24.5. The van der Waals surface area contributed by atoms with Crippen molar-refractivity contribution in [3.05, 3.63) is 46.8 Å². The number of ketones is 2. The van der Waals surface area contributed by atoms with Gasteiger partial charge in [0.05, 0.1) is 22.6 Å². The van der Waals surface area contributed by atoms with Crippen molar-refractivity contribution < 1.29 is 35.9 Å². The number of hydrogen-bond acceptors (Lipinski definition) is 3. The molecule has 9 heteroatoms. The van der Waals surface area contributed by atoms with Gasteiger partial charge in [0.2, 0.25) is 0 Å². The van der Waals surface area contributed by atoms with E-state index in [0.29, 0.717) is 6.07 Å². The van der Waals surface area contributed by atoms with E-state index in [9.17, 15) is 35.9 Å². The minimum absolute atomic E-state index is 0.160. The summed E-state index contributed by atoms with van der Waals surface area (Å²) in [5.41, 5.74) is -4.68. The number of halogens is 6. The SMILES string of the molecule is CC1(C)C(=O)C(c2ccc(C#N)c(C(F)(F)F)c2)C(=O)C1(C)CC#CCCC(F)=C(F)F. The molecule has 0 spiro atoms. The molecule has 170 valence electrons. The summed E-state index contributed by atoms with van der Waals surface area (Å²) in [5.74, 6) is 0.844. The van der Waals surface area contributed by atoms with Crippen LogP contribution in [0.5, 0.6) is 0 Å². The summed E-state index contributed by atoms with van der Waals surface area (Å²) < 4.78 is 77.0. The summed E-state index contributed by atoms with van der Waals surface area (Å²) in [6.07, 6.45) is -8.27. The maximum absolute atomic E-state index is 13.3. The molecule has 0 heterocycles. The molecule has 1 aliphatic rings. The van der Waals surface area contributed by atoms with E-state index in [1.165, 1.54) is 26.8 Å². The lowest BCUT2D eigenvalue weighted by Crippen LogP contribution is -2.37. The fraction of sp³-hybridized carbons (Fsp3) is 0.435. The maximum Gasteiger partial charge on any atom is 0.417 e. The van der Waals surface area contributed by atoms with Crippen molar-refractivity contribution in [1.82, 2.24) is 0 Å². The minimum Gasteiger partial charge on any atom is -0.298 e. The Morgan fingerprint density at radius 1 is 1.06 bits per heavy atom. The van der Waals surface area contributed by atoms with E-state index in [-0.39, 0.29) is 18.4 Å². The Morgan fingerprint density at radius 3 is 2.22 bits per heavy atom. The number of alkyl halides is 3. The molecule has 0 aromatic heterocycles. The zero-order valence-corrected chi connectivity index (χ0v) is 17.5. The summed E-state index contributed by atoms with van der Waals surface area (Å²) in [6, 6.07) is 4.17. The second kappa shape index (κ2) is 8.82. The van der Waals surface area contributed by atoms with Crippen LogP contribution in [0.15, 0.2) is 30.1 Å². The molecule has 1 aliphatic carbocycles. The first-order chi connectivity index (χ1) is 14.7. The first-order valence-corrected chi connectivity index (χ1v) is 9.53. The minimum atomic E-state index is -4.85. The van der Waals surface area contributed by atoms with Gasteiger partial charge in [0.1, 0.15) is 5.92 Å². The fourth-order valence-electron chi connectivity index (χ4n) is 3.66. The molecule has 2 rings (SSSR count). The number of carbonyl (C=O) groups is 2. The first-order valence-electron chi connectivity index (χ1n) is 9.53. The predicted molar refractivity (Wildman–Crippen MR) is 103 cm³/mol. The standard InChI is InChI=1S/C23H19F6NO2/c1-21(2)18(31)17(13-8-9-14(12-30)15(11-13)23(27,28)29)19(32)22(21,3)10-6-4-5-7-16(24)20(25)26/h8-9,11,17H,5,7,10H2,1-3H3. The molecule has 1 aromatic carbocycles. The normalized spacial score (nSPS) is 22.2. The maximum atomic E-state index is 13.3. The number of rotatable bonds is 4. The van der Waals surface area contributed by atoms with E-state index in [2.05, 4.69) is 11.8 Å². The topological polar surface area (TPSA) is 57.9 Å². The van der Waals surface area contributed by atoms with Crippen molar-refractivity contribution in [1.29, 1.82) is 5.26 Å². The van der Waals surface area contributed by atoms with E-state index in [4.69, 9.17) is 5.26 Å². The lowest BCUT2D eigenvalue weighted by molar-refractivity contribution is -0.138. The van der Waals surface area contributed by atoms with Gasteiger partial charge in [-0.2, -0.15) is 27.2 Å². The lowest BCUT2D eigenvalue weighted by atomic mass is 9.67. The Kier molecular flexibility index (Phi) is 6.94. The van der Waals surface area contributed by atoms with E-state index in [0.717, 1.165) is 12.1 Å². The summed E-state index contributed by atoms with van der Waals surface area (Å²) in [6.45, 7) is 4.45. The van der Waals surface area contributed by atoms with Gasteiger partial charge in [0.15, 0.2) is 17.4 Å². The summed E-state index contributed by atoms with van der Waals surface area (Å²) in [5, 5.41) is 8.95. The van der Waals surface area contributed by atoms with E-state index >= 15 is 0 Å². The molecule has 32 heavy (non-hydrogen) atoms. The highest BCUT2D eigenvalue weighted by atomic mass is 19.4. The second-order valence-corrected chi connectivity index (χ2v) is 8.23. The highest BCUT2D eigenvalue weighted by molar-refractivity contribution is 6.19. The molecule has 1 saturated carbocycles. The van der Waals surface area contributed by atoms with Gasteiger partial charge in [-0.15, -0.1) is 11.8 Å². The van der Waals surface area contributed by atoms with Gasteiger partial charge in [-0.3, -0.25) is 9.59 Å². The van der Waals surface area contributed by atoms with E-state index in [1.54, 1.807) is 0 Å². The van der Waals surface area contributed by atoms with Gasteiger partial charge >= 0.3 is 12.3 Å². The second-order valence-electron chi connectivity index (χ2n) is 8.23. The molecule has 0 saturated heterocycles. The molecule has 1 fully saturated rings. The molecule has 1 aromatic rings. The highest BCUT2D eigenvalue weighted by Gasteiger charge is 2.62. The average molecular weight is 455 g/mol. The van der Waals surface area contributed by atoms with Gasteiger partial charge in [-0.1, -0.05) is 26.8 Å². The van der Waals surface area contributed by atoms with Gasteiger partial charge in [-0.05, 0) is 17.7 Å². The number of hydrogen-bond donors (Lipinski definition) is 0. The summed E-state index contributed by atoms with van der Waals surface area (Å²) in [4.78, 5) is 26.3. The van der Waals surface area contributed by atoms with Crippen LogP contribution >= 0.6 is 0 Å². The van der Waals surface area contributed by atoms with Gasteiger partial charge in [0, 0.05) is 24.7 Å². The van der Waals surface area contributed by atoms with Crippen molar-refractivity contribution in [2.45, 2.75) is 52.1 Å². The zero-order valence-electron chi connectivity index (χ0n) is 17.5. The Morgan fingerprint density at radius 2 is 1.69 bits per heavy atom. The van der Waals surface area contributed by atoms with Gasteiger partial charge in [0.25, 0.3) is 0 Å². The quantitative estimate of drug-likeness (QED) is 0.313. The number of Topliss-reactive ketones (excluding diaryl/α,β-unsaturated/α-hetero) is 2. The largest absolute Gasteiger partial charge is 0.417 e. The van der Waals surface area contributed by atoms with Crippen LogP contribution in [0.25, 0.3) is 0 Å². The third-order valence-electron chi connectivity index (χ3n) is 6.11. The number of allylic oxidation sites excluding steroid dienone is 1. The molecule has 2 unspecified atom stereocenters. The molecule has 0 N–H and O–H groups in total. The summed E-state index contributed by atoms with van der Waals surface area (Å²) >= 11 is 0. The predicted octanol–water partition coefficient (Wildman–Crippen LogP) is 6.10. The van der Waals surface area contributed by atoms with E-state index in [1.807, 2.05) is 0 Å². The van der Waals surface area contributed by atoms with Crippen LogP contribution in [0, 0.1) is 34.0 Å². The molecular weight excluding hydrogens is 436 g/mol. The van der Waals surface area contributed by atoms with Gasteiger partial charge in [-0.25, -0.2) is 4.39 Å². The number of nitriles is 1. The average Bonchev–Trinajstić information content (AvgIpc) is 2.84. The van der Waals surface area contributed by atoms with Crippen LogP contribution in [0.3, 0.4) is 0 Å². The van der Waals surface area contributed by atoms with Crippen LogP contribution in [0.2, 0.25) is 0 Å². The molecule has 3 nitrogen and oxygen atoms in total. The number of nitrogens with zero attached hydrogens (tertiary/aromatic N) is 1. The van der Waals surface area contributed by atoms with Crippen molar-refractivity contribution in [2.75, 3.05) is 0 Å². The molecular formula is C23H19F6NO2. The van der Waals surface area contributed by atoms with Crippen molar-refractivity contribution in [2.24, 2.45) is 10.8 Å². The van der Waals surface area contributed by atoms with Crippen molar-refractivity contribution >= 4 is 11.6 Å². The fourth-order valence-corrected chi connectivity index (χ4v) is 3.66. The van der Waals surface area contributed by atoms with Crippen molar-refractivity contribution in [3.63, 3.8) is 0 Å². The van der Waals surface area contributed by atoms with Crippen LogP contribution in [-0.4, -0.2) is 11.6 Å². The molecule has 0 bridgehead atoms. The first kappa shape index (κ1) is 25.2. The lowest BCUT2D eigenvalue weighted by Gasteiger charge is -2.33. The van der Waals surface area contributed by atoms with Crippen LogP contribution < -0.4 is 0 Å². The summed E-state index contributed by atoms with van der Waals surface area (Å²) in [7, 11) is 0. The number of carbonyl (C=O) groups excluding carboxylic acids is 2. The van der Waals surface area contributed by atoms with Crippen LogP contribution in [0.4, 0.5) is 26.3 Å². The van der Waals surface area contributed by atoms with Crippen LogP contribution in [0.1, 0.15) is 62.6 Å². The van der Waals surface area contributed by atoms with Gasteiger partial charge < -0.3 is 0 Å². The smallest absolute Gasteiger partial charge is 0.298 e. The Bertz CT molecular complexity index is 1080. The van der Waals surface area contributed by atoms with Crippen molar-refractivity contribution in [3.8, 4) is 17.9 Å². The van der Waals surface area contributed by atoms with E-state index < -0.39 is 63.9 Å². The number of benzene rings is 1. The Hall–Kier alpha value is -3.07. The Balaban J connectivity index is 2.39. The molecule has 2 atom stereocenters.